The van der Waals surface area contributed by atoms with Gasteiger partial charge in [-0.1, -0.05) is 234 Å². The third kappa shape index (κ3) is 51.6. The average Bonchev–Trinajstić information content (AvgIpc) is 3.31. The molecule has 0 bridgehead atoms. The molecule has 0 N–H and O–H groups in total. The lowest BCUT2D eigenvalue weighted by atomic mass is 10.0. The quantitative estimate of drug-likeness (QED) is 0.0262. The number of hydrogen-bond donors (Lipinski definition) is 0. The molecule has 0 aliphatic rings. The molecule has 0 saturated carbocycles. The summed E-state index contributed by atoms with van der Waals surface area (Å²) in [4.78, 5) is 38.1. The molecule has 0 aromatic heterocycles. The highest BCUT2D eigenvalue weighted by Gasteiger charge is 2.19. The van der Waals surface area contributed by atoms with Crippen LogP contribution in [-0.4, -0.2) is 37.2 Å². The summed E-state index contributed by atoms with van der Waals surface area (Å²) < 4.78 is 16.8. The van der Waals surface area contributed by atoms with Gasteiger partial charge in [-0.25, -0.2) is 0 Å². The monoisotopic (exact) mass is 919 g/mol. The second-order valence-corrected chi connectivity index (χ2v) is 18.1. The van der Waals surface area contributed by atoms with E-state index in [0.717, 1.165) is 135 Å². The van der Waals surface area contributed by atoms with E-state index in [4.69, 9.17) is 14.2 Å². The minimum Gasteiger partial charge on any atom is -0.462 e. The van der Waals surface area contributed by atoms with Crippen LogP contribution in [0.1, 0.15) is 258 Å². The summed E-state index contributed by atoms with van der Waals surface area (Å²) in [6, 6.07) is 0. The van der Waals surface area contributed by atoms with Crippen molar-refractivity contribution in [3.8, 4) is 0 Å². The lowest BCUT2D eigenvalue weighted by Gasteiger charge is -2.18. The van der Waals surface area contributed by atoms with Gasteiger partial charge in [0.05, 0.1) is 0 Å². The smallest absolute Gasteiger partial charge is 0.306 e. The Morgan fingerprint density at radius 2 is 0.591 bits per heavy atom. The van der Waals surface area contributed by atoms with Gasteiger partial charge in [0, 0.05) is 19.3 Å². The number of unbranched alkanes of at least 4 members (excludes halogenated alkanes) is 24. The topological polar surface area (TPSA) is 78.9 Å². The van der Waals surface area contributed by atoms with Crippen molar-refractivity contribution in [1.29, 1.82) is 0 Å². The second-order valence-electron chi connectivity index (χ2n) is 18.1. The zero-order valence-electron chi connectivity index (χ0n) is 43.2. The number of ether oxygens (including phenoxy) is 3. The number of carbonyl (C=O) groups excluding carboxylic acids is 3. The Labute approximate surface area is 407 Å². The van der Waals surface area contributed by atoms with Gasteiger partial charge in [-0.3, -0.25) is 14.4 Å². The summed E-state index contributed by atoms with van der Waals surface area (Å²) in [6.45, 7) is 6.39. The third-order valence-corrected chi connectivity index (χ3v) is 11.6. The van der Waals surface area contributed by atoms with Crippen LogP contribution in [0.5, 0.6) is 0 Å². The zero-order valence-corrected chi connectivity index (χ0v) is 43.2. The standard InChI is InChI=1S/C60H102O6/c1-4-7-10-13-16-19-22-25-28-30-33-35-38-41-44-47-50-53-59(62)65-56-57(55-64-58(61)52-49-46-43-40-37-34-31-27-24-21-18-15-12-9-6-3)66-60(63)54-51-48-45-42-39-36-32-29-26-23-20-17-14-11-8-5-2/h7,9-10,12,16,18-19,21,25,27-28,31,33,35,57H,4-6,8,11,13-15,17,20,22-24,26,29-30,32,34,36-56H2,1-3H3/b10-7-,12-9-,19-16-,21-18-,28-25-,31-27-,35-33-. The molecule has 1 atom stereocenters. The van der Waals surface area contributed by atoms with Crippen LogP contribution in [0.2, 0.25) is 0 Å². The van der Waals surface area contributed by atoms with Gasteiger partial charge in [-0.15, -0.1) is 0 Å². The van der Waals surface area contributed by atoms with E-state index in [1.165, 1.54) is 83.5 Å². The van der Waals surface area contributed by atoms with Gasteiger partial charge in [0.25, 0.3) is 0 Å². The van der Waals surface area contributed by atoms with Crippen LogP contribution in [0.15, 0.2) is 85.1 Å². The molecule has 0 heterocycles. The highest BCUT2D eigenvalue weighted by Crippen LogP contribution is 2.15. The van der Waals surface area contributed by atoms with Crippen molar-refractivity contribution in [3.63, 3.8) is 0 Å². The van der Waals surface area contributed by atoms with Crippen LogP contribution in [-0.2, 0) is 28.6 Å². The minimum atomic E-state index is -0.793. The molecule has 378 valence electrons. The zero-order chi connectivity index (χ0) is 47.9. The van der Waals surface area contributed by atoms with Crippen LogP contribution in [0.3, 0.4) is 0 Å². The molecule has 0 fully saturated rings. The summed E-state index contributed by atoms with van der Waals surface area (Å²) in [5, 5.41) is 0. The molecule has 6 heteroatoms. The number of hydrogen-bond acceptors (Lipinski definition) is 6. The van der Waals surface area contributed by atoms with Crippen molar-refractivity contribution in [2.24, 2.45) is 0 Å². The van der Waals surface area contributed by atoms with Crippen molar-refractivity contribution < 1.29 is 28.6 Å². The first-order chi connectivity index (χ1) is 32.5. The molecule has 1 unspecified atom stereocenters. The van der Waals surface area contributed by atoms with Gasteiger partial charge < -0.3 is 14.2 Å². The molecular weight excluding hydrogens is 817 g/mol. The Morgan fingerprint density at radius 3 is 0.924 bits per heavy atom. The number of allylic oxidation sites excluding steroid dienone is 14. The number of esters is 3. The Hall–Kier alpha value is -3.41. The minimum absolute atomic E-state index is 0.0922. The average molecular weight is 919 g/mol. The fourth-order valence-corrected chi connectivity index (χ4v) is 7.57. The van der Waals surface area contributed by atoms with Crippen molar-refractivity contribution in [1.82, 2.24) is 0 Å². The van der Waals surface area contributed by atoms with E-state index in [0.29, 0.717) is 19.3 Å². The van der Waals surface area contributed by atoms with Gasteiger partial charge in [0.15, 0.2) is 6.10 Å². The molecule has 0 aromatic carbocycles. The Bertz CT molecular complexity index is 1290. The van der Waals surface area contributed by atoms with E-state index in [1.807, 2.05) is 0 Å². The van der Waals surface area contributed by atoms with Crippen LogP contribution in [0.4, 0.5) is 0 Å². The highest BCUT2D eigenvalue weighted by molar-refractivity contribution is 5.71. The van der Waals surface area contributed by atoms with Gasteiger partial charge in [0.2, 0.25) is 0 Å². The number of carbonyl (C=O) groups is 3. The van der Waals surface area contributed by atoms with E-state index in [2.05, 4.69) is 106 Å². The Morgan fingerprint density at radius 1 is 0.318 bits per heavy atom. The molecule has 0 saturated heterocycles. The first kappa shape index (κ1) is 62.6. The first-order valence-corrected chi connectivity index (χ1v) is 27.6. The normalized spacial score (nSPS) is 12.7. The van der Waals surface area contributed by atoms with Crippen molar-refractivity contribution in [3.05, 3.63) is 85.1 Å². The molecule has 66 heavy (non-hydrogen) atoms. The van der Waals surface area contributed by atoms with Gasteiger partial charge >= 0.3 is 17.9 Å². The maximum absolute atomic E-state index is 12.8. The van der Waals surface area contributed by atoms with Crippen LogP contribution in [0, 0.1) is 0 Å². The predicted molar refractivity (Wildman–Crippen MR) is 284 cm³/mol. The lowest BCUT2D eigenvalue weighted by Crippen LogP contribution is -2.30. The molecule has 0 aliphatic heterocycles. The molecule has 0 aromatic rings. The molecule has 6 nitrogen and oxygen atoms in total. The molecule has 0 rings (SSSR count). The maximum atomic E-state index is 12.8. The van der Waals surface area contributed by atoms with E-state index in [9.17, 15) is 14.4 Å². The fraction of sp³-hybridized carbons (Fsp3) is 0.717. The Kier molecular flexibility index (Phi) is 51.4. The summed E-state index contributed by atoms with van der Waals surface area (Å²) in [7, 11) is 0. The predicted octanol–water partition coefficient (Wildman–Crippen LogP) is 18.4. The van der Waals surface area contributed by atoms with Crippen molar-refractivity contribution >= 4 is 17.9 Å². The Balaban J connectivity index is 4.44. The van der Waals surface area contributed by atoms with Crippen molar-refractivity contribution in [2.75, 3.05) is 13.2 Å². The van der Waals surface area contributed by atoms with E-state index in [-0.39, 0.29) is 31.1 Å². The SMILES string of the molecule is CC/C=C\C/C=C\C/C=C\C/C=C\CCCCCCC(=O)OCC(COC(=O)CCCCCCC/C=C\C/C=C\C/C=C\CC)OC(=O)CCCCCCCCCCCCCCCCCC. The van der Waals surface area contributed by atoms with E-state index >= 15 is 0 Å². The lowest BCUT2D eigenvalue weighted by molar-refractivity contribution is -0.167. The van der Waals surface area contributed by atoms with Crippen LogP contribution < -0.4 is 0 Å². The largest absolute Gasteiger partial charge is 0.462 e. The molecule has 0 amide bonds. The summed E-state index contributed by atoms with van der Waals surface area (Å²) in [5.41, 5.74) is 0. The fourth-order valence-electron chi connectivity index (χ4n) is 7.57. The van der Waals surface area contributed by atoms with Crippen LogP contribution in [0.25, 0.3) is 0 Å². The third-order valence-electron chi connectivity index (χ3n) is 11.6. The summed E-state index contributed by atoms with van der Waals surface area (Å²) in [6.07, 6.45) is 69.9. The summed E-state index contributed by atoms with van der Waals surface area (Å²) in [5.74, 6) is -0.926. The molecule has 0 aliphatic carbocycles. The van der Waals surface area contributed by atoms with Gasteiger partial charge in [0.1, 0.15) is 13.2 Å². The highest BCUT2D eigenvalue weighted by atomic mass is 16.6. The van der Waals surface area contributed by atoms with Crippen molar-refractivity contribution in [2.45, 2.75) is 264 Å². The molecular formula is C60H102O6. The van der Waals surface area contributed by atoms with Crippen LogP contribution >= 0.6 is 0 Å². The molecule has 0 spiro atoms. The van der Waals surface area contributed by atoms with Gasteiger partial charge in [-0.2, -0.15) is 0 Å². The van der Waals surface area contributed by atoms with E-state index < -0.39 is 6.10 Å². The maximum Gasteiger partial charge on any atom is 0.306 e. The first-order valence-electron chi connectivity index (χ1n) is 27.6. The van der Waals surface area contributed by atoms with E-state index in [1.54, 1.807) is 0 Å². The number of rotatable bonds is 49. The second kappa shape index (κ2) is 54.2. The van der Waals surface area contributed by atoms with Gasteiger partial charge in [-0.05, 0) is 89.9 Å². The molecule has 0 radical (unpaired) electrons. The summed E-state index contributed by atoms with van der Waals surface area (Å²) >= 11 is 0.